The van der Waals surface area contributed by atoms with Crippen LogP contribution in [0.25, 0.3) is 27.6 Å². The Morgan fingerprint density at radius 1 is 0.971 bits per heavy atom. The number of thiophene rings is 1. The molecule has 0 amide bonds. The summed E-state index contributed by atoms with van der Waals surface area (Å²) in [5, 5.41) is 6.93. The number of aromatic nitrogens is 4. The molecular weight excluding hydrogens is 442 g/mol. The van der Waals surface area contributed by atoms with Crippen LogP contribution in [-0.2, 0) is 19.5 Å². The number of fused-ring (bicyclic) bond motifs is 1. The smallest absolute Gasteiger partial charge is 0.255 e. The van der Waals surface area contributed by atoms with Crippen molar-refractivity contribution in [2.24, 2.45) is 0 Å². The van der Waals surface area contributed by atoms with Crippen molar-refractivity contribution in [2.75, 3.05) is 6.54 Å². The molecule has 0 fully saturated rings. The van der Waals surface area contributed by atoms with Crippen molar-refractivity contribution in [3.8, 4) is 27.6 Å². The molecule has 1 aliphatic rings. The second-order valence-electron chi connectivity index (χ2n) is 8.43. The van der Waals surface area contributed by atoms with Crippen LogP contribution in [0.15, 0.2) is 89.2 Å². The molecule has 168 valence electrons. The van der Waals surface area contributed by atoms with Gasteiger partial charge in [-0.2, -0.15) is 5.10 Å². The summed E-state index contributed by atoms with van der Waals surface area (Å²) in [5.74, 6) is 0.669. The second-order valence-corrected chi connectivity index (χ2v) is 9.37. The Labute approximate surface area is 201 Å². The zero-order valence-electron chi connectivity index (χ0n) is 18.5. The number of nitrogens with zero attached hydrogens (tertiary/aromatic N) is 4. The van der Waals surface area contributed by atoms with Gasteiger partial charge in [-0.1, -0.05) is 54.6 Å². The molecule has 0 radical (unpaired) electrons. The highest BCUT2D eigenvalue weighted by Gasteiger charge is 2.23. The van der Waals surface area contributed by atoms with E-state index in [2.05, 4.69) is 40.3 Å². The molecule has 6 rings (SSSR count). The quantitative estimate of drug-likeness (QED) is 0.401. The zero-order chi connectivity index (χ0) is 22.9. The van der Waals surface area contributed by atoms with Crippen LogP contribution in [0.1, 0.15) is 16.8 Å². The standard InChI is InChI=1S/C27H23N5OS/c33-27-22-18-31(14-13-23(22)28-26(29-27)24-12-7-15-34-24)16-20-17-32(21-10-5-2-6-11-21)30-25(20)19-8-3-1-4-9-19/h1-12,15,17H,13-14,16,18H2,(H,28,29,33). The third-order valence-corrected chi connectivity index (χ3v) is 7.03. The Kier molecular flexibility index (Phi) is 5.41. The minimum Gasteiger partial charge on any atom is -0.306 e. The van der Waals surface area contributed by atoms with E-state index >= 15 is 0 Å². The van der Waals surface area contributed by atoms with Crippen LogP contribution < -0.4 is 5.56 Å². The first-order valence-corrected chi connectivity index (χ1v) is 12.2. The maximum Gasteiger partial charge on any atom is 0.255 e. The number of hydrogen-bond donors (Lipinski definition) is 1. The van der Waals surface area contributed by atoms with E-state index in [4.69, 9.17) is 10.1 Å². The Morgan fingerprint density at radius 2 is 1.76 bits per heavy atom. The van der Waals surface area contributed by atoms with E-state index in [-0.39, 0.29) is 5.56 Å². The third-order valence-electron chi connectivity index (χ3n) is 6.15. The largest absolute Gasteiger partial charge is 0.306 e. The van der Waals surface area contributed by atoms with E-state index in [1.165, 1.54) is 0 Å². The number of nitrogens with one attached hydrogen (secondary N) is 1. The molecule has 5 aromatic rings. The van der Waals surface area contributed by atoms with Crippen LogP contribution in [0, 0.1) is 0 Å². The molecule has 0 saturated carbocycles. The van der Waals surface area contributed by atoms with Gasteiger partial charge in [-0.25, -0.2) is 9.67 Å². The molecule has 2 aromatic carbocycles. The summed E-state index contributed by atoms with van der Waals surface area (Å²) in [6.45, 7) is 2.13. The Bertz CT molecular complexity index is 1470. The molecule has 1 aliphatic heterocycles. The van der Waals surface area contributed by atoms with Crippen LogP contribution >= 0.6 is 11.3 Å². The maximum absolute atomic E-state index is 12.9. The summed E-state index contributed by atoms with van der Waals surface area (Å²) < 4.78 is 1.94. The van der Waals surface area contributed by atoms with Crippen molar-refractivity contribution < 1.29 is 0 Å². The fraction of sp³-hybridized carbons (Fsp3) is 0.148. The predicted molar refractivity (Wildman–Crippen MR) is 135 cm³/mol. The van der Waals surface area contributed by atoms with Crippen molar-refractivity contribution in [1.82, 2.24) is 24.6 Å². The molecule has 7 heteroatoms. The topological polar surface area (TPSA) is 66.8 Å². The zero-order valence-corrected chi connectivity index (χ0v) is 19.3. The van der Waals surface area contributed by atoms with Crippen LogP contribution in [0.4, 0.5) is 0 Å². The lowest BCUT2D eigenvalue weighted by atomic mass is 10.0. The van der Waals surface area contributed by atoms with Crippen molar-refractivity contribution in [3.63, 3.8) is 0 Å². The van der Waals surface area contributed by atoms with Gasteiger partial charge in [-0.05, 0) is 23.6 Å². The summed E-state index contributed by atoms with van der Waals surface area (Å²) in [6.07, 6.45) is 2.86. The van der Waals surface area contributed by atoms with Gasteiger partial charge in [0.1, 0.15) is 0 Å². The SMILES string of the molecule is O=c1[nH]c(-c2cccs2)nc2c1CN(Cc1cn(-c3ccccc3)nc1-c1ccccc1)CC2. The van der Waals surface area contributed by atoms with Gasteiger partial charge in [0.25, 0.3) is 5.56 Å². The minimum atomic E-state index is -0.0404. The van der Waals surface area contributed by atoms with Crippen LogP contribution in [0.3, 0.4) is 0 Å². The normalized spacial score (nSPS) is 13.6. The van der Waals surface area contributed by atoms with E-state index in [9.17, 15) is 4.79 Å². The van der Waals surface area contributed by atoms with E-state index < -0.39 is 0 Å². The molecule has 4 heterocycles. The number of H-pyrrole nitrogens is 1. The predicted octanol–water partition coefficient (Wildman–Crippen LogP) is 4.91. The first kappa shape index (κ1) is 20.8. The van der Waals surface area contributed by atoms with Crippen molar-refractivity contribution in [2.45, 2.75) is 19.5 Å². The second kappa shape index (κ2) is 8.85. The molecule has 0 unspecified atom stereocenters. The van der Waals surface area contributed by atoms with E-state index in [0.29, 0.717) is 18.9 Å². The first-order valence-electron chi connectivity index (χ1n) is 11.3. The summed E-state index contributed by atoms with van der Waals surface area (Å²) in [5.41, 5.74) is 5.85. The molecule has 0 saturated heterocycles. The Balaban J connectivity index is 1.31. The van der Waals surface area contributed by atoms with E-state index in [0.717, 1.165) is 51.6 Å². The molecule has 0 aliphatic carbocycles. The molecule has 34 heavy (non-hydrogen) atoms. The summed E-state index contributed by atoms with van der Waals surface area (Å²) in [4.78, 5) is 24.0. The number of rotatable bonds is 5. The van der Waals surface area contributed by atoms with Gasteiger partial charge in [0.15, 0.2) is 5.82 Å². The average molecular weight is 466 g/mol. The van der Waals surface area contributed by atoms with E-state index in [1.54, 1.807) is 11.3 Å². The Hall–Kier alpha value is -3.81. The average Bonchev–Trinajstić information content (AvgIpc) is 3.56. The van der Waals surface area contributed by atoms with Gasteiger partial charge in [0.05, 0.1) is 27.5 Å². The Morgan fingerprint density at radius 3 is 2.53 bits per heavy atom. The van der Waals surface area contributed by atoms with Crippen LogP contribution in [0.2, 0.25) is 0 Å². The van der Waals surface area contributed by atoms with Gasteiger partial charge in [0, 0.05) is 43.4 Å². The van der Waals surface area contributed by atoms with Crippen molar-refractivity contribution in [1.29, 1.82) is 0 Å². The highest BCUT2D eigenvalue weighted by molar-refractivity contribution is 7.13. The van der Waals surface area contributed by atoms with Gasteiger partial charge < -0.3 is 4.98 Å². The molecule has 0 spiro atoms. The first-order chi connectivity index (χ1) is 16.7. The molecular formula is C27H23N5OS. The molecule has 1 N–H and O–H groups in total. The maximum atomic E-state index is 12.9. The van der Waals surface area contributed by atoms with Gasteiger partial charge in [0.2, 0.25) is 0 Å². The minimum absolute atomic E-state index is 0.0404. The number of para-hydroxylation sites is 1. The number of aromatic amines is 1. The van der Waals surface area contributed by atoms with Gasteiger partial charge in [-0.15, -0.1) is 11.3 Å². The third kappa shape index (κ3) is 4.00. The highest BCUT2D eigenvalue weighted by atomic mass is 32.1. The monoisotopic (exact) mass is 465 g/mol. The molecule has 6 nitrogen and oxygen atoms in total. The highest BCUT2D eigenvalue weighted by Crippen LogP contribution is 2.27. The lowest BCUT2D eigenvalue weighted by molar-refractivity contribution is 0.242. The number of hydrogen-bond acceptors (Lipinski definition) is 5. The molecule has 0 atom stereocenters. The lowest BCUT2D eigenvalue weighted by Crippen LogP contribution is -2.35. The van der Waals surface area contributed by atoms with Crippen LogP contribution in [-0.4, -0.2) is 31.2 Å². The summed E-state index contributed by atoms with van der Waals surface area (Å²) in [7, 11) is 0. The van der Waals surface area contributed by atoms with Crippen molar-refractivity contribution in [3.05, 3.63) is 112 Å². The van der Waals surface area contributed by atoms with Gasteiger partial charge >= 0.3 is 0 Å². The van der Waals surface area contributed by atoms with E-state index in [1.807, 2.05) is 58.6 Å². The summed E-state index contributed by atoms with van der Waals surface area (Å²) in [6, 6.07) is 24.4. The summed E-state index contributed by atoms with van der Waals surface area (Å²) >= 11 is 1.59. The number of benzene rings is 2. The molecule has 0 bridgehead atoms. The lowest BCUT2D eigenvalue weighted by Gasteiger charge is -2.27. The fourth-order valence-electron chi connectivity index (χ4n) is 4.46. The van der Waals surface area contributed by atoms with Gasteiger partial charge in [-0.3, -0.25) is 9.69 Å². The molecule has 3 aromatic heterocycles. The van der Waals surface area contributed by atoms with Crippen molar-refractivity contribution >= 4 is 11.3 Å². The van der Waals surface area contributed by atoms with Crippen LogP contribution in [0.5, 0.6) is 0 Å². The fourth-order valence-corrected chi connectivity index (χ4v) is 5.13.